The average Bonchev–Trinajstić information content (AvgIpc) is 3.38. The van der Waals surface area contributed by atoms with Crippen LogP contribution in [-0.2, 0) is 13.6 Å². The summed E-state index contributed by atoms with van der Waals surface area (Å²) in [6.07, 6.45) is 1.91. The molecule has 0 spiro atoms. The summed E-state index contributed by atoms with van der Waals surface area (Å²) in [5.74, 6) is 0.580. The summed E-state index contributed by atoms with van der Waals surface area (Å²) < 4.78 is 8.80. The fourth-order valence-corrected chi connectivity index (χ4v) is 3.67. The molecule has 1 amide bonds. The molecule has 0 radical (unpaired) electrons. The third-order valence-corrected chi connectivity index (χ3v) is 5.38. The molecule has 0 unspecified atom stereocenters. The fraction of sp³-hybridized carbons (Fsp3) is 0.304. The van der Waals surface area contributed by atoms with Gasteiger partial charge in [0.1, 0.15) is 5.75 Å². The maximum Gasteiger partial charge on any atom is 0.252 e. The number of methoxy groups -OCH3 is 1. The molecular weight excluding hydrogens is 392 g/mol. The molecule has 0 saturated heterocycles. The van der Waals surface area contributed by atoms with Crippen molar-refractivity contribution in [3.8, 4) is 17.0 Å². The molecule has 4 rings (SSSR count). The van der Waals surface area contributed by atoms with E-state index in [1.807, 2.05) is 75.1 Å². The lowest BCUT2D eigenvalue weighted by atomic mass is 10.0. The predicted molar refractivity (Wildman–Crippen MR) is 119 cm³/mol. The lowest BCUT2D eigenvalue weighted by Crippen LogP contribution is -2.27. The number of rotatable bonds is 6. The van der Waals surface area contributed by atoms with E-state index in [9.17, 15) is 4.79 Å². The van der Waals surface area contributed by atoms with E-state index in [1.165, 1.54) is 0 Å². The number of nitrogens with zero attached hydrogens (tertiary/aromatic N) is 5. The molecule has 160 valence electrons. The van der Waals surface area contributed by atoms with Crippen molar-refractivity contribution < 1.29 is 9.53 Å². The van der Waals surface area contributed by atoms with Crippen molar-refractivity contribution in [2.24, 2.45) is 7.05 Å². The number of ether oxygens (including phenoxy) is 1. The van der Waals surface area contributed by atoms with Gasteiger partial charge < -0.3 is 10.1 Å². The van der Waals surface area contributed by atoms with Crippen molar-refractivity contribution >= 4 is 16.9 Å². The Balaban J connectivity index is 1.75. The molecular formula is C23H26N6O2. The van der Waals surface area contributed by atoms with E-state index in [2.05, 4.69) is 15.5 Å². The van der Waals surface area contributed by atoms with Crippen molar-refractivity contribution in [3.05, 3.63) is 59.5 Å². The number of hydrogen-bond acceptors (Lipinski definition) is 5. The molecule has 0 saturated carbocycles. The first-order valence-electron chi connectivity index (χ1n) is 10.2. The van der Waals surface area contributed by atoms with Crippen LogP contribution < -0.4 is 10.1 Å². The van der Waals surface area contributed by atoms with Crippen LogP contribution in [0.15, 0.2) is 42.6 Å². The van der Waals surface area contributed by atoms with Gasteiger partial charge in [0.2, 0.25) is 0 Å². The van der Waals surface area contributed by atoms with Gasteiger partial charge in [0.15, 0.2) is 5.65 Å². The number of benzene rings is 1. The van der Waals surface area contributed by atoms with Crippen LogP contribution >= 0.6 is 0 Å². The maximum absolute atomic E-state index is 13.3. The van der Waals surface area contributed by atoms with Gasteiger partial charge in [0.05, 0.1) is 41.2 Å². The highest BCUT2D eigenvalue weighted by Crippen LogP contribution is 2.28. The molecule has 0 bridgehead atoms. The Hall–Kier alpha value is -3.68. The SMILES string of the molecule is CCn1ccc([C@@H](C)NC(=O)c2cc(-c3ccc(OC)cc3)nc3c2c(C)nn3C)n1. The van der Waals surface area contributed by atoms with Gasteiger partial charge in [-0.05, 0) is 57.2 Å². The van der Waals surface area contributed by atoms with Gasteiger partial charge in [-0.3, -0.25) is 14.2 Å². The van der Waals surface area contributed by atoms with Crippen LogP contribution in [-0.4, -0.2) is 37.6 Å². The zero-order valence-corrected chi connectivity index (χ0v) is 18.4. The molecule has 31 heavy (non-hydrogen) atoms. The molecule has 3 aromatic heterocycles. The second kappa shape index (κ2) is 8.22. The van der Waals surface area contributed by atoms with Gasteiger partial charge >= 0.3 is 0 Å². The lowest BCUT2D eigenvalue weighted by Gasteiger charge is -2.14. The van der Waals surface area contributed by atoms with Crippen LogP contribution in [0.1, 0.15) is 41.6 Å². The molecule has 0 aliphatic rings. The molecule has 0 aliphatic carbocycles. The third-order valence-electron chi connectivity index (χ3n) is 5.38. The van der Waals surface area contributed by atoms with Crippen LogP contribution in [0, 0.1) is 6.92 Å². The van der Waals surface area contributed by atoms with Crippen LogP contribution in [0.25, 0.3) is 22.3 Å². The fourth-order valence-electron chi connectivity index (χ4n) is 3.67. The first-order chi connectivity index (χ1) is 14.9. The number of carbonyl (C=O) groups excluding carboxylic acids is 1. The molecule has 1 N–H and O–H groups in total. The minimum atomic E-state index is -0.232. The molecule has 8 heteroatoms. The van der Waals surface area contributed by atoms with Crippen molar-refractivity contribution in [1.82, 2.24) is 29.9 Å². The third kappa shape index (κ3) is 3.88. The molecule has 8 nitrogen and oxygen atoms in total. The van der Waals surface area contributed by atoms with Crippen molar-refractivity contribution in [2.45, 2.75) is 33.4 Å². The number of amides is 1. The Morgan fingerprint density at radius 3 is 2.58 bits per heavy atom. The number of carbonyl (C=O) groups is 1. The monoisotopic (exact) mass is 418 g/mol. The van der Waals surface area contributed by atoms with Gasteiger partial charge in [0.25, 0.3) is 5.91 Å². The average molecular weight is 419 g/mol. The van der Waals surface area contributed by atoms with E-state index < -0.39 is 0 Å². The first-order valence-corrected chi connectivity index (χ1v) is 10.2. The molecule has 0 aliphatic heterocycles. The summed E-state index contributed by atoms with van der Waals surface area (Å²) in [6, 6.07) is 11.1. The van der Waals surface area contributed by atoms with Gasteiger partial charge in [-0.1, -0.05) is 0 Å². The van der Waals surface area contributed by atoms with E-state index >= 15 is 0 Å². The Kier molecular flexibility index (Phi) is 5.46. The molecule has 1 aromatic carbocycles. The lowest BCUT2D eigenvalue weighted by molar-refractivity contribution is 0.0940. The standard InChI is InChI=1S/C23H26N6O2/c1-6-29-12-11-19(27-29)14(2)24-23(30)18-13-20(16-7-9-17(31-5)10-8-16)25-22-21(18)15(3)26-28(22)4/h7-14H,6H2,1-5H3,(H,24,30)/t14-/m1/s1. The highest BCUT2D eigenvalue weighted by molar-refractivity contribution is 6.07. The van der Waals surface area contributed by atoms with Gasteiger partial charge in [-0.25, -0.2) is 4.98 Å². The molecule has 4 aromatic rings. The number of nitrogens with one attached hydrogen (secondary N) is 1. The first kappa shape index (κ1) is 20.6. The minimum absolute atomic E-state index is 0.184. The van der Waals surface area contributed by atoms with Crippen LogP contribution in [0.3, 0.4) is 0 Å². The van der Waals surface area contributed by atoms with Gasteiger partial charge in [-0.2, -0.15) is 10.2 Å². The highest BCUT2D eigenvalue weighted by Gasteiger charge is 2.21. The second-order valence-electron chi connectivity index (χ2n) is 7.48. The number of fused-ring (bicyclic) bond motifs is 1. The van der Waals surface area contributed by atoms with Gasteiger partial charge in [0, 0.05) is 25.4 Å². The number of aryl methyl sites for hydroxylation is 3. The normalized spacial score (nSPS) is 12.2. The number of hydrogen-bond donors (Lipinski definition) is 1. The van der Waals surface area contributed by atoms with E-state index in [1.54, 1.807) is 11.8 Å². The molecule has 0 fully saturated rings. The quantitative estimate of drug-likeness (QED) is 0.516. The highest BCUT2D eigenvalue weighted by atomic mass is 16.5. The van der Waals surface area contributed by atoms with Crippen molar-refractivity contribution in [3.63, 3.8) is 0 Å². The largest absolute Gasteiger partial charge is 0.497 e. The van der Waals surface area contributed by atoms with Gasteiger partial charge in [-0.15, -0.1) is 0 Å². The van der Waals surface area contributed by atoms with E-state index in [4.69, 9.17) is 9.72 Å². The Morgan fingerprint density at radius 2 is 1.94 bits per heavy atom. The van der Waals surface area contributed by atoms with Crippen molar-refractivity contribution in [2.75, 3.05) is 7.11 Å². The van der Waals surface area contributed by atoms with E-state index in [-0.39, 0.29) is 11.9 Å². The zero-order valence-electron chi connectivity index (χ0n) is 18.4. The summed E-state index contributed by atoms with van der Waals surface area (Å²) in [4.78, 5) is 18.1. The Bertz CT molecular complexity index is 1240. The van der Waals surface area contributed by atoms with Crippen LogP contribution in [0.5, 0.6) is 5.75 Å². The summed E-state index contributed by atoms with van der Waals surface area (Å²) in [5, 5.41) is 12.8. The second-order valence-corrected chi connectivity index (χ2v) is 7.48. The minimum Gasteiger partial charge on any atom is -0.497 e. The van der Waals surface area contributed by atoms with Crippen LogP contribution in [0.2, 0.25) is 0 Å². The Morgan fingerprint density at radius 1 is 1.19 bits per heavy atom. The maximum atomic E-state index is 13.3. The number of pyridine rings is 1. The van der Waals surface area contributed by atoms with E-state index in [0.717, 1.165) is 34.6 Å². The summed E-state index contributed by atoms with van der Waals surface area (Å²) >= 11 is 0. The smallest absolute Gasteiger partial charge is 0.252 e. The van der Waals surface area contributed by atoms with E-state index in [0.29, 0.717) is 16.9 Å². The zero-order chi connectivity index (χ0) is 22.1. The predicted octanol–water partition coefficient (Wildman–Crippen LogP) is 3.66. The summed E-state index contributed by atoms with van der Waals surface area (Å²) in [5.41, 5.74) is 4.39. The summed E-state index contributed by atoms with van der Waals surface area (Å²) in [6.45, 7) is 6.63. The summed E-state index contributed by atoms with van der Waals surface area (Å²) in [7, 11) is 3.47. The van der Waals surface area contributed by atoms with Crippen molar-refractivity contribution in [1.29, 1.82) is 0 Å². The number of aromatic nitrogens is 5. The van der Waals surface area contributed by atoms with Crippen LogP contribution in [0.4, 0.5) is 0 Å². The topological polar surface area (TPSA) is 86.9 Å². The molecule has 3 heterocycles. The Labute approximate surface area is 180 Å². The molecule has 1 atom stereocenters.